The molecule has 1 heterocycles. The van der Waals surface area contributed by atoms with Crippen LogP contribution in [0.15, 0.2) is 24.3 Å². The van der Waals surface area contributed by atoms with E-state index in [0.717, 1.165) is 0 Å². The Hall–Kier alpha value is -2.24. The Kier molecular flexibility index (Phi) is 3.89. The van der Waals surface area contributed by atoms with Gasteiger partial charge in [-0.05, 0) is 12.5 Å². The van der Waals surface area contributed by atoms with Gasteiger partial charge >= 0.3 is 5.97 Å². The third kappa shape index (κ3) is 2.62. The number of carbonyl (C=O) groups is 1. The van der Waals surface area contributed by atoms with Crippen LogP contribution in [0.25, 0.3) is 0 Å². The Balaban J connectivity index is 2.34. The molecule has 1 aromatic carbocycles. The monoisotopic (exact) mass is 263 g/mol. The quantitative estimate of drug-likeness (QED) is 0.789. The van der Waals surface area contributed by atoms with Gasteiger partial charge in [-0.1, -0.05) is 30.3 Å². The summed E-state index contributed by atoms with van der Waals surface area (Å²) in [6, 6.07) is 6.44. The summed E-state index contributed by atoms with van der Waals surface area (Å²) in [6.07, 6.45) is 0.561. The van der Waals surface area contributed by atoms with Gasteiger partial charge in [0.25, 0.3) is 0 Å². The van der Waals surface area contributed by atoms with E-state index in [-0.39, 0.29) is 18.1 Å². The molecule has 0 spiro atoms. The summed E-state index contributed by atoms with van der Waals surface area (Å²) in [5.41, 5.74) is 1.31. The van der Waals surface area contributed by atoms with Crippen molar-refractivity contribution in [1.29, 1.82) is 0 Å². The van der Waals surface area contributed by atoms with E-state index >= 15 is 0 Å². The summed E-state index contributed by atoms with van der Waals surface area (Å²) < 4.78 is 19.7. The summed E-state index contributed by atoms with van der Waals surface area (Å²) in [5.74, 6) is -0.837. The van der Waals surface area contributed by atoms with Crippen LogP contribution in [-0.2, 0) is 17.7 Å². The highest BCUT2D eigenvalue weighted by Crippen LogP contribution is 2.13. The zero-order valence-electron chi connectivity index (χ0n) is 10.8. The molecule has 0 amide bonds. The number of benzene rings is 1. The molecule has 0 N–H and O–H groups in total. The molecular formula is C13H14FN3O2. The predicted octanol–water partition coefficient (Wildman–Crippen LogP) is 1.81. The van der Waals surface area contributed by atoms with E-state index in [9.17, 15) is 9.18 Å². The van der Waals surface area contributed by atoms with Crippen LogP contribution in [0, 0.1) is 5.82 Å². The number of nitrogens with zero attached hydrogens (tertiary/aromatic N) is 3. The van der Waals surface area contributed by atoms with Crippen molar-refractivity contribution in [1.82, 2.24) is 15.0 Å². The lowest BCUT2D eigenvalue weighted by Crippen LogP contribution is -2.10. The lowest BCUT2D eigenvalue weighted by molar-refractivity contribution is 0.0592. The second-order valence-electron chi connectivity index (χ2n) is 3.98. The Labute approximate surface area is 110 Å². The zero-order chi connectivity index (χ0) is 13.8. The van der Waals surface area contributed by atoms with Crippen molar-refractivity contribution in [3.8, 4) is 0 Å². The molecule has 0 fully saturated rings. The molecule has 0 atom stereocenters. The third-order valence-corrected chi connectivity index (χ3v) is 2.83. The maximum atomic E-state index is 13.6. The fourth-order valence-electron chi connectivity index (χ4n) is 1.85. The van der Waals surface area contributed by atoms with Crippen LogP contribution >= 0.6 is 0 Å². The average molecular weight is 263 g/mol. The maximum Gasteiger partial charge on any atom is 0.360 e. The molecule has 0 aliphatic carbocycles. The largest absolute Gasteiger partial charge is 0.464 e. The van der Waals surface area contributed by atoms with E-state index in [2.05, 4.69) is 15.0 Å². The molecule has 0 saturated heterocycles. The van der Waals surface area contributed by atoms with Gasteiger partial charge in [-0.15, -0.1) is 5.10 Å². The first-order valence-corrected chi connectivity index (χ1v) is 5.91. The third-order valence-electron chi connectivity index (χ3n) is 2.83. The molecule has 6 heteroatoms. The molecule has 2 aromatic rings. The van der Waals surface area contributed by atoms with Crippen molar-refractivity contribution in [2.75, 3.05) is 7.11 Å². The lowest BCUT2D eigenvalue weighted by atomic mass is 10.2. The Morgan fingerprint density at radius 2 is 2.16 bits per heavy atom. The Morgan fingerprint density at radius 3 is 2.79 bits per heavy atom. The summed E-state index contributed by atoms with van der Waals surface area (Å²) in [7, 11) is 1.29. The Morgan fingerprint density at radius 1 is 1.42 bits per heavy atom. The van der Waals surface area contributed by atoms with E-state index in [1.165, 1.54) is 17.9 Å². The number of hydrogen-bond acceptors (Lipinski definition) is 4. The van der Waals surface area contributed by atoms with Crippen LogP contribution in [-0.4, -0.2) is 28.1 Å². The molecule has 0 aliphatic rings. The zero-order valence-corrected chi connectivity index (χ0v) is 10.8. The second-order valence-corrected chi connectivity index (χ2v) is 3.98. The molecule has 100 valence electrons. The van der Waals surface area contributed by atoms with Crippen molar-refractivity contribution in [2.24, 2.45) is 0 Å². The van der Waals surface area contributed by atoms with Crippen LogP contribution in [0.2, 0.25) is 0 Å². The minimum atomic E-state index is -0.531. The van der Waals surface area contributed by atoms with Crippen molar-refractivity contribution >= 4 is 5.97 Å². The standard InChI is InChI=1S/C13H14FN3O2/c1-3-11-12(13(18)19-2)15-16-17(11)8-9-6-4-5-7-10(9)14/h4-7H,3,8H2,1-2H3. The fourth-order valence-corrected chi connectivity index (χ4v) is 1.85. The maximum absolute atomic E-state index is 13.6. The van der Waals surface area contributed by atoms with Crippen LogP contribution in [0.4, 0.5) is 4.39 Å². The van der Waals surface area contributed by atoms with Crippen molar-refractivity contribution in [3.05, 3.63) is 47.0 Å². The topological polar surface area (TPSA) is 57.0 Å². The van der Waals surface area contributed by atoms with Gasteiger partial charge in [0.2, 0.25) is 0 Å². The second kappa shape index (κ2) is 5.60. The predicted molar refractivity (Wildman–Crippen MR) is 66.2 cm³/mol. The number of esters is 1. The number of rotatable bonds is 4. The van der Waals surface area contributed by atoms with Crippen molar-refractivity contribution < 1.29 is 13.9 Å². The number of ether oxygens (including phenoxy) is 1. The molecule has 0 bridgehead atoms. The first-order valence-electron chi connectivity index (χ1n) is 5.91. The molecule has 0 unspecified atom stereocenters. The molecule has 1 aromatic heterocycles. The summed E-state index contributed by atoms with van der Waals surface area (Å²) in [6.45, 7) is 2.11. The number of hydrogen-bond donors (Lipinski definition) is 0. The van der Waals surface area contributed by atoms with E-state index in [1.807, 2.05) is 6.92 Å². The molecule has 2 rings (SSSR count). The molecular weight excluding hydrogens is 249 g/mol. The smallest absolute Gasteiger partial charge is 0.360 e. The average Bonchev–Trinajstić information content (AvgIpc) is 2.83. The van der Waals surface area contributed by atoms with Gasteiger partial charge < -0.3 is 4.74 Å². The number of halogens is 1. The number of aromatic nitrogens is 3. The van der Waals surface area contributed by atoms with Crippen LogP contribution in [0.3, 0.4) is 0 Å². The van der Waals surface area contributed by atoms with Crippen molar-refractivity contribution in [3.63, 3.8) is 0 Å². The van der Waals surface area contributed by atoms with Gasteiger partial charge in [0, 0.05) is 5.56 Å². The van der Waals surface area contributed by atoms with Crippen LogP contribution in [0.1, 0.15) is 28.7 Å². The molecule has 19 heavy (non-hydrogen) atoms. The highest BCUT2D eigenvalue weighted by molar-refractivity contribution is 5.88. The number of carbonyl (C=O) groups excluding carboxylic acids is 1. The molecule has 0 saturated carbocycles. The van der Waals surface area contributed by atoms with E-state index in [4.69, 9.17) is 0 Å². The van der Waals surface area contributed by atoms with Gasteiger partial charge in [0.05, 0.1) is 19.3 Å². The van der Waals surface area contributed by atoms with E-state index in [1.54, 1.807) is 18.2 Å². The minimum absolute atomic E-state index is 0.182. The summed E-state index contributed by atoms with van der Waals surface area (Å²) >= 11 is 0. The SMILES string of the molecule is CCc1c(C(=O)OC)nnn1Cc1ccccc1F. The Bertz CT molecular complexity index is 595. The highest BCUT2D eigenvalue weighted by Gasteiger charge is 2.19. The van der Waals surface area contributed by atoms with E-state index in [0.29, 0.717) is 17.7 Å². The fraction of sp³-hybridized carbons (Fsp3) is 0.308. The first kappa shape index (κ1) is 13.2. The van der Waals surface area contributed by atoms with Crippen LogP contribution < -0.4 is 0 Å². The number of methoxy groups -OCH3 is 1. The molecule has 0 aliphatic heterocycles. The van der Waals surface area contributed by atoms with Crippen molar-refractivity contribution in [2.45, 2.75) is 19.9 Å². The van der Waals surface area contributed by atoms with Gasteiger partial charge in [0.1, 0.15) is 5.82 Å². The molecule has 5 nitrogen and oxygen atoms in total. The van der Waals surface area contributed by atoms with Gasteiger partial charge in [-0.25, -0.2) is 13.9 Å². The van der Waals surface area contributed by atoms with E-state index < -0.39 is 5.97 Å². The summed E-state index contributed by atoms with van der Waals surface area (Å²) in [4.78, 5) is 11.5. The van der Waals surface area contributed by atoms with Gasteiger partial charge in [-0.2, -0.15) is 0 Å². The van der Waals surface area contributed by atoms with Gasteiger partial charge in [0.15, 0.2) is 5.69 Å². The highest BCUT2D eigenvalue weighted by atomic mass is 19.1. The van der Waals surface area contributed by atoms with Crippen LogP contribution in [0.5, 0.6) is 0 Å². The lowest BCUT2D eigenvalue weighted by Gasteiger charge is -2.06. The first-order chi connectivity index (χ1) is 9.17. The van der Waals surface area contributed by atoms with Gasteiger partial charge in [-0.3, -0.25) is 0 Å². The minimum Gasteiger partial charge on any atom is -0.464 e. The summed E-state index contributed by atoms with van der Waals surface area (Å²) in [5, 5.41) is 7.69. The molecule has 0 radical (unpaired) electrons. The normalized spacial score (nSPS) is 10.5.